The average molecular weight is 226 g/mol. The minimum Gasteiger partial charge on any atom is -0.381 e. The molecule has 2 unspecified atom stereocenters. The van der Waals surface area contributed by atoms with E-state index in [4.69, 9.17) is 4.74 Å². The fourth-order valence-corrected chi connectivity index (χ4v) is 2.25. The molecule has 2 atom stereocenters. The van der Waals surface area contributed by atoms with Crippen LogP contribution in [-0.2, 0) is 9.53 Å². The molecule has 4 heteroatoms. The fourth-order valence-electron chi connectivity index (χ4n) is 2.25. The molecule has 2 rings (SSSR count). The van der Waals surface area contributed by atoms with Crippen molar-refractivity contribution in [2.24, 2.45) is 17.8 Å². The molecule has 16 heavy (non-hydrogen) atoms. The van der Waals surface area contributed by atoms with Crippen molar-refractivity contribution in [1.29, 1.82) is 0 Å². The van der Waals surface area contributed by atoms with Gasteiger partial charge in [-0.25, -0.2) is 0 Å². The van der Waals surface area contributed by atoms with Gasteiger partial charge < -0.3 is 15.4 Å². The van der Waals surface area contributed by atoms with Crippen LogP contribution >= 0.6 is 0 Å². The molecule has 2 heterocycles. The topological polar surface area (TPSA) is 50.4 Å². The number of carbonyl (C=O) groups excluding carboxylic acids is 1. The highest BCUT2D eigenvalue weighted by atomic mass is 16.5. The first-order valence-corrected chi connectivity index (χ1v) is 6.33. The van der Waals surface area contributed by atoms with Crippen LogP contribution < -0.4 is 10.6 Å². The van der Waals surface area contributed by atoms with Crippen molar-refractivity contribution in [2.45, 2.75) is 19.8 Å². The van der Waals surface area contributed by atoms with Crippen LogP contribution in [0.5, 0.6) is 0 Å². The molecule has 2 aliphatic rings. The van der Waals surface area contributed by atoms with Crippen molar-refractivity contribution in [1.82, 2.24) is 10.6 Å². The van der Waals surface area contributed by atoms with Gasteiger partial charge in [0.15, 0.2) is 0 Å². The second kappa shape index (κ2) is 5.64. The third-order valence-corrected chi connectivity index (χ3v) is 3.81. The van der Waals surface area contributed by atoms with E-state index in [-0.39, 0.29) is 11.8 Å². The van der Waals surface area contributed by atoms with Gasteiger partial charge in [-0.15, -0.1) is 0 Å². The molecule has 0 spiro atoms. The molecule has 0 aromatic heterocycles. The standard InChI is InChI=1S/C12H22N2O2/c1-9(11-6-13-7-11)12(15)14-4-2-10-3-5-16-8-10/h9-11,13H,2-8H2,1H3,(H,14,15). The average Bonchev–Trinajstić information content (AvgIpc) is 2.67. The van der Waals surface area contributed by atoms with Crippen LogP contribution in [0, 0.1) is 17.8 Å². The number of ether oxygens (including phenoxy) is 1. The Morgan fingerprint density at radius 2 is 2.38 bits per heavy atom. The van der Waals surface area contributed by atoms with Gasteiger partial charge in [-0.05, 0) is 37.8 Å². The Kier molecular flexibility index (Phi) is 4.18. The van der Waals surface area contributed by atoms with Crippen molar-refractivity contribution in [3.63, 3.8) is 0 Å². The van der Waals surface area contributed by atoms with Gasteiger partial charge in [0, 0.05) is 25.7 Å². The Morgan fingerprint density at radius 1 is 1.56 bits per heavy atom. The highest BCUT2D eigenvalue weighted by molar-refractivity contribution is 5.78. The lowest BCUT2D eigenvalue weighted by molar-refractivity contribution is -0.126. The zero-order valence-corrected chi connectivity index (χ0v) is 10.00. The highest BCUT2D eigenvalue weighted by Gasteiger charge is 2.28. The highest BCUT2D eigenvalue weighted by Crippen LogP contribution is 2.17. The number of nitrogens with one attached hydrogen (secondary N) is 2. The fraction of sp³-hybridized carbons (Fsp3) is 0.917. The maximum atomic E-state index is 11.8. The third-order valence-electron chi connectivity index (χ3n) is 3.81. The summed E-state index contributed by atoms with van der Waals surface area (Å²) in [5, 5.41) is 6.24. The SMILES string of the molecule is CC(C(=O)NCCC1CCOC1)C1CNC1. The number of carbonyl (C=O) groups is 1. The summed E-state index contributed by atoms with van der Waals surface area (Å²) in [6.45, 7) is 6.58. The molecule has 4 nitrogen and oxygen atoms in total. The second-order valence-electron chi connectivity index (χ2n) is 5.02. The molecule has 2 fully saturated rings. The summed E-state index contributed by atoms with van der Waals surface area (Å²) < 4.78 is 5.31. The van der Waals surface area contributed by atoms with Crippen molar-refractivity contribution >= 4 is 5.91 Å². The molecule has 1 amide bonds. The molecule has 0 aromatic rings. The molecule has 92 valence electrons. The number of hydrogen-bond acceptors (Lipinski definition) is 3. The molecule has 0 aromatic carbocycles. The van der Waals surface area contributed by atoms with Gasteiger partial charge in [-0.3, -0.25) is 4.79 Å². The predicted molar refractivity (Wildman–Crippen MR) is 62.1 cm³/mol. The minimum absolute atomic E-state index is 0.154. The Hall–Kier alpha value is -0.610. The van der Waals surface area contributed by atoms with E-state index in [9.17, 15) is 4.79 Å². The summed E-state index contributed by atoms with van der Waals surface area (Å²) in [6.07, 6.45) is 2.21. The van der Waals surface area contributed by atoms with Gasteiger partial charge in [-0.2, -0.15) is 0 Å². The van der Waals surface area contributed by atoms with Crippen LogP contribution in [0.3, 0.4) is 0 Å². The first kappa shape index (κ1) is 11.9. The van der Waals surface area contributed by atoms with Crippen LogP contribution in [0.4, 0.5) is 0 Å². The molecular formula is C12H22N2O2. The van der Waals surface area contributed by atoms with Crippen molar-refractivity contribution in [2.75, 3.05) is 32.8 Å². The van der Waals surface area contributed by atoms with Gasteiger partial charge >= 0.3 is 0 Å². The van der Waals surface area contributed by atoms with Crippen molar-refractivity contribution < 1.29 is 9.53 Å². The maximum absolute atomic E-state index is 11.8. The lowest BCUT2D eigenvalue weighted by Crippen LogP contribution is -2.49. The van der Waals surface area contributed by atoms with E-state index in [2.05, 4.69) is 10.6 Å². The predicted octanol–water partition coefficient (Wildman–Crippen LogP) is 0.385. The van der Waals surface area contributed by atoms with Crippen molar-refractivity contribution in [3.8, 4) is 0 Å². The molecular weight excluding hydrogens is 204 g/mol. The van der Waals surface area contributed by atoms with Crippen LogP contribution in [0.2, 0.25) is 0 Å². The van der Waals surface area contributed by atoms with Crippen LogP contribution in [-0.4, -0.2) is 38.8 Å². The monoisotopic (exact) mass is 226 g/mol. The molecule has 0 aliphatic carbocycles. The van der Waals surface area contributed by atoms with E-state index >= 15 is 0 Å². The van der Waals surface area contributed by atoms with Gasteiger partial charge in [0.1, 0.15) is 0 Å². The minimum atomic E-state index is 0.154. The number of hydrogen-bond donors (Lipinski definition) is 2. The van der Waals surface area contributed by atoms with Gasteiger partial charge in [0.05, 0.1) is 0 Å². The van der Waals surface area contributed by atoms with E-state index in [1.165, 1.54) is 0 Å². The quantitative estimate of drug-likeness (QED) is 0.713. The Bertz CT molecular complexity index is 235. The van der Waals surface area contributed by atoms with Gasteiger partial charge in [-0.1, -0.05) is 6.92 Å². The molecule has 0 bridgehead atoms. The van der Waals surface area contributed by atoms with Gasteiger partial charge in [0.25, 0.3) is 0 Å². The smallest absolute Gasteiger partial charge is 0.223 e. The largest absolute Gasteiger partial charge is 0.381 e. The number of rotatable bonds is 5. The number of amides is 1. The zero-order valence-electron chi connectivity index (χ0n) is 10.00. The van der Waals surface area contributed by atoms with Crippen molar-refractivity contribution in [3.05, 3.63) is 0 Å². The van der Waals surface area contributed by atoms with Crippen LogP contribution in [0.25, 0.3) is 0 Å². The summed E-state index contributed by atoms with van der Waals surface area (Å²) in [6, 6.07) is 0. The van der Waals surface area contributed by atoms with Gasteiger partial charge in [0.2, 0.25) is 5.91 Å². The molecule has 2 saturated heterocycles. The van der Waals surface area contributed by atoms with Crippen LogP contribution in [0.15, 0.2) is 0 Å². The van der Waals surface area contributed by atoms with E-state index < -0.39 is 0 Å². The third kappa shape index (κ3) is 2.95. The first-order chi connectivity index (χ1) is 7.77. The van der Waals surface area contributed by atoms with E-state index in [1.807, 2.05) is 6.92 Å². The normalized spacial score (nSPS) is 27.4. The summed E-state index contributed by atoms with van der Waals surface area (Å²) in [5.41, 5.74) is 0. The summed E-state index contributed by atoms with van der Waals surface area (Å²) in [7, 11) is 0. The summed E-state index contributed by atoms with van der Waals surface area (Å²) >= 11 is 0. The molecule has 2 N–H and O–H groups in total. The van der Waals surface area contributed by atoms with E-state index in [0.717, 1.165) is 45.7 Å². The molecule has 2 aliphatic heterocycles. The van der Waals surface area contributed by atoms with E-state index in [1.54, 1.807) is 0 Å². The lowest BCUT2D eigenvalue weighted by Gasteiger charge is -2.31. The summed E-state index contributed by atoms with van der Waals surface area (Å²) in [4.78, 5) is 11.8. The van der Waals surface area contributed by atoms with E-state index in [0.29, 0.717) is 11.8 Å². The second-order valence-corrected chi connectivity index (χ2v) is 5.02. The summed E-state index contributed by atoms with van der Waals surface area (Å²) in [5.74, 6) is 1.56. The Morgan fingerprint density at radius 3 is 2.94 bits per heavy atom. The first-order valence-electron chi connectivity index (χ1n) is 6.33. The molecule has 0 radical (unpaired) electrons. The van der Waals surface area contributed by atoms with Crippen LogP contribution in [0.1, 0.15) is 19.8 Å². The lowest BCUT2D eigenvalue weighted by atomic mass is 9.88. The Labute approximate surface area is 97.1 Å². The molecule has 0 saturated carbocycles. The zero-order chi connectivity index (χ0) is 11.4. The maximum Gasteiger partial charge on any atom is 0.223 e. The Balaban J connectivity index is 1.59.